The molecule has 2 nitrogen and oxygen atoms in total. The van der Waals surface area contributed by atoms with Crippen LogP contribution in [0.25, 0.3) is 0 Å². The van der Waals surface area contributed by atoms with Crippen molar-refractivity contribution in [2.24, 2.45) is 0 Å². The normalized spacial score (nSPS) is 12.6. The summed E-state index contributed by atoms with van der Waals surface area (Å²) in [4.78, 5) is 0.767. The first-order chi connectivity index (χ1) is 8.16. The van der Waals surface area contributed by atoms with E-state index in [1.165, 1.54) is 0 Å². The minimum Gasteiger partial charge on any atom is -0.505 e. The van der Waals surface area contributed by atoms with Crippen molar-refractivity contribution < 1.29 is 18.6 Å². The lowest BCUT2D eigenvalue weighted by Gasteiger charge is -2.20. The van der Waals surface area contributed by atoms with Crippen LogP contribution in [0.2, 0.25) is 0 Å². The van der Waals surface area contributed by atoms with Crippen molar-refractivity contribution in [2.45, 2.75) is 9.79 Å². The lowest BCUT2D eigenvalue weighted by Crippen LogP contribution is -1.99. The van der Waals surface area contributed by atoms with Gasteiger partial charge in [-0.05, 0) is 12.1 Å². The zero-order chi connectivity index (χ0) is 12.0. The molecule has 0 aromatic heterocycles. The topological polar surface area (TPSA) is 29.5 Å². The van der Waals surface area contributed by atoms with Crippen LogP contribution in [0, 0.1) is 11.6 Å². The quantitative estimate of drug-likeness (QED) is 0.657. The second-order valence-corrected chi connectivity index (χ2v) is 4.55. The summed E-state index contributed by atoms with van der Waals surface area (Å²) in [6.45, 7) is 0. The van der Waals surface area contributed by atoms with Crippen LogP contribution in [0.1, 0.15) is 0 Å². The predicted octanol–water partition coefficient (Wildman–Crippen LogP) is 3.93. The van der Waals surface area contributed by atoms with Crippen LogP contribution >= 0.6 is 11.8 Å². The number of fused-ring (bicyclic) bond motifs is 2. The van der Waals surface area contributed by atoms with Gasteiger partial charge in [0.15, 0.2) is 11.6 Å². The fraction of sp³-hybridized carbons (Fsp3) is 0. The van der Waals surface area contributed by atoms with Crippen LogP contribution in [0.15, 0.2) is 40.1 Å². The molecule has 0 saturated carbocycles. The Balaban J connectivity index is 2.18. The molecule has 17 heavy (non-hydrogen) atoms. The second-order valence-electron chi connectivity index (χ2n) is 3.50. The molecule has 0 saturated heterocycles. The van der Waals surface area contributed by atoms with Crippen molar-refractivity contribution in [3.63, 3.8) is 0 Å². The average Bonchev–Trinajstić information content (AvgIpc) is 2.34. The molecule has 3 rings (SSSR count). The molecule has 0 unspecified atom stereocenters. The molecule has 5 heteroatoms. The Morgan fingerprint density at radius 3 is 2.65 bits per heavy atom. The molecule has 86 valence electrons. The first-order valence-corrected chi connectivity index (χ1v) is 5.64. The van der Waals surface area contributed by atoms with E-state index in [0.29, 0.717) is 10.6 Å². The number of halogens is 2. The molecule has 0 atom stereocenters. The minimum absolute atomic E-state index is 0.0546. The van der Waals surface area contributed by atoms with E-state index in [1.807, 2.05) is 0 Å². The van der Waals surface area contributed by atoms with Crippen LogP contribution in [-0.2, 0) is 0 Å². The summed E-state index contributed by atoms with van der Waals surface area (Å²) in [6.07, 6.45) is 0. The van der Waals surface area contributed by atoms with Crippen LogP contribution < -0.4 is 4.74 Å². The largest absolute Gasteiger partial charge is 0.505 e. The molecule has 0 radical (unpaired) electrons. The van der Waals surface area contributed by atoms with Crippen LogP contribution in [0.4, 0.5) is 8.78 Å². The SMILES string of the molecule is Oc1cc2c(c(F)c1F)Sc1ccccc1O2. The van der Waals surface area contributed by atoms with Crippen LogP contribution in [0.5, 0.6) is 17.2 Å². The average molecular weight is 252 g/mol. The zero-order valence-corrected chi connectivity index (χ0v) is 9.22. The standard InChI is InChI=1S/C12H6F2O2S/c13-10-6(15)5-8-12(11(10)14)17-9-4-2-1-3-7(9)16-8/h1-5,15H. The highest BCUT2D eigenvalue weighted by Gasteiger charge is 2.25. The maximum atomic E-state index is 13.6. The molecule has 0 amide bonds. The summed E-state index contributed by atoms with van der Waals surface area (Å²) in [5.41, 5.74) is 0. The van der Waals surface area contributed by atoms with Gasteiger partial charge in [0.25, 0.3) is 0 Å². The Hall–Kier alpha value is -1.75. The smallest absolute Gasteiger partial charge is 0.201 e. The molecular formula is C12H6F2O2S. The third kappa shape index (κ3) is 1.54. The van der Waals surface area contributed by atoms with Gasteiger partial charge in [0.05, 0.1) is 9.79 Å². The van der Waals surface area contributed by atoms with E-state index in [9.17, 15) is 13.9 Å². The summed E-state index contributed by atoms with van der Waals surface area (Å²) in [7, 11) is 0. The number of hydrogen-bond acceptors (Lipinski definition) is 3. The third-order valence-electron chi connectivity index (χ3n) is 2.39. The van der Waals surface area contributed by atoms with Gasteiger partial charge in [-0.2, -0.15) is 4.39 Å². The predicted molar refractivity (Wildman–Crippen MR) is 58.7 cm³/mol. The van der Waals surface area contributed by atoms with E-state index in [2.05, 4.69) is 0 Å². The monoisotopic (exact) mass is 252 g/mol. The lowest BCUT2D eigenvalue weighted by molar-refractivity contribution is 0.379. The van der Waals surface area contributed by atoms with Crippen molar-refractivity contribution in [3.05, 3.63) is 42.0 Å². The van der Waals surface area contributed by atoms with Gasteiger partial charge in [-0.1, -0.05) is 23.9 Å². The number of phenols is 1. The van der Waals surface area contributed by atoms with Gasteiger partial charge in [-0.15, -0.1) is 0 Å². The van der Waals surface area contributed by atoms with E-state index in [4.69, 9.17) is 4.74 Å². The van der Waals surface area contributed by atoms with E-state index >= 15 is 0 Å². The third-order valence-corrected chi connectivity index (χ3v) is 3.53. The second kappa shape index (κ2) is 3.63. The number of aromatic hydroxyl groups is 1. The number of ether oxygens (including phenoxy) is 1. The molecule has 0 spiro atoms. The van der Waals surface area contributed by atoms with Gasteiger partial charge < -0.3 is 9.84 Å². The molecule has 0 aliphatic carbocycles. The molecule has 0 bridgehead atoms. The molecule has 2 aromatic carbocycles. The van der Waals surface area contributed by atoms with Gasteiger partial charge in [0.1, 0.15) is 11.5 Å². The maximum Gasteiger partial charge on any atom is 0.201 e. The number of benzene rings is 2. The van der Waals surface area contributed by atoms with E-state index in [1.54, 1.807) is 24.3 Å². The molecule has 1 aliphatic heterocycles. The van der Waals surface area contributed by atoms with Crippen LogP contribution in [0.3, 0.4) is 0 Å². The fourth-order valence-electron chi connectivity index (χ4n) is 1.59. The number of para-hydroxylation sites is 1. The van der Waals surface area contributed by atoms with Crippen molar-refractivity contribution in [3.8, 4) is 17.2 Å². The van der Waals surface area contributed by atoms with E-state index < -0.39 is 17.4 Å². The Morgan fingerprint density at radius 2 is 1.82 bits per heavy atom. The molecule has 1 aliphatic rings. The summed E-state index contributed by atoms with van der Waals surface area (Å²) >= 11 is 1.08. The number of hydrogen-bond donors (Lipinski definition) is 1. The Labute approximate surface area is 99.8 Å². The van der Waals surface area contributed by atoms with Crippen molar-refractivity contribution >= 4 is 11.8 Å². The molecule has 1 heterocycles. The van der Waals surface area contributed by atoms with Gasteiger partial charge in [-0.25, -0.2) is 4.39 Å². The van der Waals surface area contributed by atoms with Crippen molar-refractivity contribution in [1.29, 1.82) is 0 Å². The van der Waals surface area contributed by atoms with Gasteiger partial charge in [0, 0.05) is 6.07 Å². The summed E-state index contributed by atoms with van der Waals surface area (Å²) in [5.74, 6) is -2.39. The van der Waals surface area contributed by atoms with Gasteiger partial charge in [0.2, 0.25) is 5.82 Å². The number of phenolic OH excluding ortho intramolecular Hbond substituents is 1. The first kappa shape index (κ1) is 10.4. The molecule has 0 fully saturated rings. The summed E-state index contributed by atoms with van der Waals surface area (Å²) in [5, 5.41) is 9.20. The van der Waals surface area contributed by atoms with Crippen molar-refractivity contribution in [1.82, 2.24) is 0 Å². The fourth-order valence-corrected chi connectivity index (χ4v) is 2.55. The van der Waals surface area contributed by atoms with Gasteiger partial charge in [-0.3, -0.25) is 0 Å². The van der Waals surface area contributed by atoms with Gasteiger partial charge >= 0.3 is 0 Å². The van der Waals surface area contributed by atoms with Crippen molar-refractivity contribution in [2.75, 3.05) is 0 Å². The molecule has 2 aromatic rings. The highest BCUT2D eigenvalue weighted by atomic mass is 32.2. The summed E-state index contributed by atoms with van der Waals surface area (Å²) in [6, 6.07) is 8.13. The highest BCUT2D eigenvalue weighted by Crippen LogP contribution is 2.49. The zero-order valence-electron chi connectivity index (χ0n) is 8.41. The van der Waals surface area contributed by atoms with E-state index in [0.717, 1.165) is 17.8 Å². The molecular weight excluding hydrogens is 246 g/mol. The van der Waals surface area contributed by atoms with Crippen LogP contribution in [-0.4, -0.2) is 5.11 Å². The Bertz CT molecular complexity index is 614. The Kier molecular flexibility index (Phi) is 2.22. The lowest BCUT2D eigenvalue weighted by atomic mass is 10.3. The summed E-state index contributed by atoms with van der Waals surface area (Å²) < 4.78 is 32.2. The number of rotatable bonds is 0. The Morgan fingerprint density at radius 1 is 1.06 bits per heavy atom. The maximum absolute atomic E-state index is 13.6. The molecule has 1 N–H and O–H groups in total. The minimum atomic E-state index is -1.25. The first-order valence-electron chi connectivity index (χ1n) is 4.82. The highest BCUT2D eigenvalue weighted by molar-refractivity contribution is 7.99. The van der Waals surface area contributed by atoms with E-state index in [-0.39, 0.29) is 10.6 Å².